The Morgan fingerprint density at radius 1 is 0.812 bits per heavy atom. The van der Waals surface area contributed by atoms with Crippen molar-refractivity contribution >= 4 is 40.5 Å². The van der Waals surface area contributed by atoms with Crippen LogP contribution in [-0.4, -0.2) is 30.1 Å². The summed E-state index contributed by atoms with van der Waals surface area (Å²) < 4.78 is 11.0. The highest BCUT2D eigenvalue weighted by atomic mass is 32.1. The predicted molar refractivity (Wildman–Crippen MR) is 127 cm³/mol. The summed E-state index contributed by atoms with van der Waals surface area (Å²) in [5.74, 6) is 0.566. The first-order chi connectivity index (χ1) is 15.5. The van der Waals surface area contributed by atoms with Gasteiger partial charge in [0.2, 0.25) is 0 Å². The van der Waals surface area contributed by atoms with E-state index in [4.69, 9.17) is 21.7 Å². The van der Waals surface area contributed by atoms with Crippen LogP contribution in [0, 0.1) is 6.92 Å². The summed E-state index contributed by atoms with van der Waals surface area (Å²) in [5.41, 5.74) is 3.12. The van der Waals surface area contributed by atoms with E-state index in [9.17, 15) is 9.59 Å². The number of carbonyl (C=O) groups excluding carboxylic acids is 2. The molecular weight excluding hydrogens is 426 g/mol. The topological polar surface area (TPSA) is 88.7 Å². The van der Waals surface area contributed by atoms with Crippen LogP contribution in [0.4, 0.5) is 11.4 Å². The first-order valence-corrected chi connectivity index (χ1v) is 10.4. The van der Waals surface area contributed by atoms with Gasteiger partial charge in [0.25, 0.3) is 11.8 Å². The zero-order chi connectivity index (χ0) is 22.5. The van der Waals surface area contributed by atoms with E-state index in [0.717, 1.165) is 5.56 Å². The fourth-order valence-corrected chi connectivity index (χ4v) is 3.43. The Balaban J connectivity index is 1.38. The first-order valence-electron chi connectivity index (χ1n) is 9.98. The van der Waals surface area contributed by atoms with Gasteiger partial charge in [-0.05, 0) is 67.2 Å². The SMILES string of the molecule is Cc1ccccc1C(=O)Nc1cccc(NC(=S)NC(=O)c2ccc3c(c2)OCCO3)c1. The standard InChI is InChI=1S/C24H21N3O4S/c1-15-5-2-3-8-19(15)23(29)25-17-6-4-7-18(14-17)26-24(32)27-22(28)16-9-10-20-21(13-16)31-12-11-30-20/h2-10,13-14H,11-12H2,1H3,(H,25,29)(H2,26,27,28,32). The molecule has 0 atom stereocenters. The smallest absolute Gasteiger partial charge is 0.257 e. The minimum absolute atomic E-state index is 0.132. The Morgan fingerprint density at radius 2 is 1.53 bits per heavy atom. The summed E-state index contributed by atoms with van der Waals surface area (Å²) in [6.45, 7) is 2.81. The lowest BCUT2D eigenvalue weighted by atomic mass is 10.1. The van der Waals surface area contributed by atoms with Crippen molar-refractivity contribution in [2.75, 3.05) is 23.8 Å². The minimum atomic E-state index is -0.372. The molecule has 8 heteroatoms. The molecule has 1 aliphatic rings. The van der Waals surface area contributed by atoms with Crippen molar-refractivity contribution in [3.63, 3.8) is 0 Å². The van der Waals surface area contributed by atoms with Gasteiger partial charge in [0.1, 0.15) is 13.2 Å². The Labute approximate surface area is 190 Å². The number of ether oxygens (including phenoxy) is 2. The zero-order valence-corrected chi connectivity index (χ0v) is 18.1. The monoisotopic (exact) mass is 447 g/mol. The van der Waals surface area contributed by atoms with Crippen LogP contribution in [0.2, 0.25) is 0 Å². The van der Waals surface area contributed by atoms with Gasteiger partial charge in [-0.25, -0.2) is 0 Å². The second kappa shape index (κ2) is 9.49. The van der Waals surface area contributed by atoms with Crippen molar-refractivity contribution < 1.29 is 19.1 Å². The molecular formula is C24H21N3O4S. The largest absolute Gasteiger partial charge is 0.486 e. The van der Waals surface area contributed by atoms with Gasteiger partial charge in [-0.2, -0.15) is 0 Å². The first kappa shape index (κ1) is 21.3. The lowest BCUT2D eigenvalue weighted by Gasteiger charge is -2.18. The second-order valence-electron chi connectivity index (χ2n) is 7.12. The van der Waals surface area contributed by atoms with E-state index in [0.29, 0.717) is 47.2 Å². The number of amides is 2. The molecule has 32 heavy (non-hydrogen) atoms. The summed E-state index contributed by atoms with van der Waals surface area (Å²) in [5, 5.41) is 8.61. The van der Waals surface area contributed by atoms with E-state index in [-0.39, 0.29) is 16.9 Å². The van der Waals surface area contributed by atoms with Crippen LogP contribution in [0.25, 0.3) is 0 Å². The van der Waals surface area contributed by atoms with Gasteiger partial charge >= 0.3 is 0 Å². The molecule has 0 aliphatic carbocycles. The normalized spacial score (nSPS) is 11.9. The molecule has 0 radical (unpaired) electrons. The van der Waals surface area contributed by atoms with Crippen molar-refractivity contribution in [3.8, 4) is 11.5 Å². The van der Waals surface area contributed by atoms with Crippen LogP contribution < -0.4 is 25.4 Å². The third-order valence-corrected chi connectivity index (χ3v) is 5.00. The molecule has 0 saturated carbocycles. The van der Waals surface area contributed by atoms with E-state index >= 15 is 0 Å². The number of thiocarbonyl (C=S) groups is 1. The van der Waals surface area contributed by atoms with E-state index in [1.54, 1.807) is 48.5 Å². The number of fused-ring (bicyclic) bond motifs is 1. The molecule has 3 N–H and O–H groups in total. The summed E-state index contributed by atoms with van der Waals surface area (Å²) in [7, 11) is 0. The molecule has 0 aromatic heterocycles. The third-order valence-electron chi connectivity index (χ3n) is 4.80. The summed E-state index contributed by atoms with van der Waals surface area (Å²) >= 11 is 5.27. The predicted octanol–water partition coefficient (Wildman–Crippen LogP) is 4.15. The molecule has 0 spiro atoms. The number of rotatable bonds is 4. The van der Waals surface area contributed by atoms with Crippen molar-refractivity contribution in [3.05, 3.63) is 83.4 Å². The van der Waals surface area contributed by atoms with Crippen molar-refractivity contribution in [2.45, 2.75) is 6.92 Å². The molecule has 7 nitrogen and oxygen atoms in total. The van der Waals surface area contributed by atoms with E-state index in [2.05, 4.69) is 16.0 Å². The number of benzene rings is 3. The van der Waals surface area contributed by atoms with Crippen LogP contribution in [-0.2, 0) is 0 Å². The molecule has 3 aromatic rings. The summed E-state index contributed by atoms with van der Waals surface area (Å²) in [6.07, 6.45) is 0. The quantitative estimate of drug-likeness (QED) is 0.521. The lowest BCUT2D eigenvalue weighted by molar-refractivity contribution is 0.0975. The maximum Gasteiger partial charge on any atom is 0.257 e. The van der Waals surface area contributed by atoms with Crippen LogP contribution in [0.15, 0.2) is 66.7 Å². The highest BCUT2D eigenvalue weighted by Gasteiger charge is 2.16. The Hall–Kier alpha value is -3.91. The van der Waals surface area contributed by atoms with Gasteiger partial charge in [-0.1, -0.05) is 24.3 Å². The summed E-state index contributed by atoms with van der Waals surface area (Å²) in [6, 6.07) is 19.4. The minimum Gasteiger partial charge on any atom is -0.486 e. The molecule has 3 aromatic carbocycles. The molecule has 0 bridgehead atoms. The molecule has 2 amide bonds. The average Bonchev–Trinajstić information content (AvgIpc) is 2.79. The second-order valence-corrected chi connectivity index (χ2v) is 7.52. The zero-order valence-electron chi connectivity index (χ0n) is 17.3. The van der Waals surface area contributed by atoms with E-state index in [1.807, 2.05) is 25.1 Å². The van der Waals surface area contributed by atoms with Crippen LogP contribution in [0.5, 0.6) is 11.5 Å². The molecule has 0 saturated heterocycles. The lowest BCUT2D eigenvalue weighted by Crippen LogP contribution is -2.34. The number of hydrogen-bond acceptors (Lipinski definition) is 5. The molecule has 0 fully saturated rings. The number of anilines is 2. The fraction of sp³-hybridized carbons (Fsp3) is 0.125. The molecule has 162 valence electrons. The van der Waals surface area contributed by atoms with Gasteiger partial charge in [-0.15, -0.1) is 0 Å². The van der Waals surface area contributed by atoms with Crippen LogP contribution in [0.3, 0.4) is 0 Å². The van der Waals surface area contributed by atoms with Gasteiger partial charge in [0.15, 0.2) is 16.6 Å². The van der Waals surface area contributed by atoms with Gasteiger partial charge in [0, 0.05) is 22.5 Å². The maximum absolute atomic E-state index is 12.5. The van der Waals surface area contributed by atoms with Crippen LogP contribution in [0.1, 0.15) is 26.3 Å². The number of carbonyl (C=O) groups is 2. The highest BCUT2D eigenvalue weighted by Crippen LogP contribution is 2.30. The highest BCUT2D eigenvalue weighted by molar-refractivity contribution is 7.80. The van der Waals surface area contributed by atoms with Crippen molar-refractivity contribution in [1.29, 1.82) is 0 Å². The molecule has 0 unspecified atom stereocenters. The maximum atomic E-state index is 12.5. The van der Waals surface area contributed by atoms with E-state index in [1.165, 1.54) is 0 Å². The Kier molecular flexibility index (Phi) is 6.32. The number of nitrogens with one attached hydrogen (secondary N) is 3. The third kappa shape index (κ3) is 5.04. The Morgan fingerprint density at radius 3 is 2.31 bits per heavy atom. The average molecular weight is 448 g/mol. The number of aryl methyl sites for hydroxylation is 1. The van der Waals surface area contributed by atoms with Gasteiger partial charge < -0.3 is 20.1 Å². The molecule has 4 rings (SSSR count). The van der Waals surface area contributed by atoms with Gasteiger partial charge in [-0.3, -0.25) is 14.9 Å². The molecule has 1 heterocycles. The number of hydrogen-bond donors (Lipinski definition) is 3. The summed E-state index contributed by atoms with van der Waals surface area (Å²) in [4.78, 5) is 25.1. The van der Waals surface area contributed by atoms with Gasteiger partial charge in [0.05, 0.1) is 0 Å². The van der Waals surface area contributed by atoms with Crippen molar-refractivity contribution in [1.82, 2.24) is 5.32 Å². The molecule has 1 aliphatic heterocycles. The Bertz CT molecular complexity index is 1200. The fourth-order valence-electron chi connectivity index (χ4n) is 3.22. The van der Waals surface area contributed by atoms with E-state index < -0.39 is 0 Å². The van der Waals surface area contributed by atoms with Crippen molar-refractivity contribution in [2.24, 2.45) is 0 Å². The van der Waals surface area contributed by atoms with Crippen LogP contribution >= 0.6 is 12.2 Å².